The van der Waals surface area contributed by atoms with Gasteiger partial charge in [-0.1, -0.05) is 62.4 Å². The normalized spacial score (nSPS) is 11.7. The Labute approximate surface area is 199 Å². The van der Waals surface area contributed by atoms with E-state index in [9.17, 15) is 19.5 Å². The lowest BCUT2D eigenvalue weighted by molar-refractivity contribution is -0.143. The molecule has 1 heterocycles. The van der Waals surface area contributed by atoms with Crippen LogP contribution in [0.4, 0.5) is 0 Å². The van der Waals surface area contributed by atoms with Gasteiger partial charge >= 0.3 is 5.97 Å². The van der Waals surface area contributed by atoms with E-state index >= 15 is 0 Å². The third kappa shape index (κ3) is 5.90. The molecule has 0 saturated heterocycles. The molecule has 0 aliphatic rings. The topological polar surface area (TPSA) is 88.4 Å². The van der Waals surface area contributed by atoms with Crippen molar-refractivity contribution in [3.8, 4) is 0 Å². The summed E-state index contributed by atoms with van der Waals surface area (Å²) in [7, 11) is 0. The fourth-order valence-electron chi connectivity index (χ4n) is 3.44. The molecule has 0 radical (unpaired) electrons. The molecule has 3 aromatic rings. The molecule has 34 heavy (non-hydrogen) atoms. The summed E-state index contributed by atoms with van der Waals surface area (Å²) in [5, 5.41) is 11.7. The lowest BCUT2D eigenvalue weighted by Crippen LogP contribution is -2.49. The Morgan fingerprint density at radius 1 is 1.00 bits per heavy atom. The number of aromatic nitrogens is 1. The fraction of sp³-hybridized carbons (Fsp3) is 0.250. The maximum Gasteiger partial charge on any atom is 0.328 e. The van der Waals surface area contributed by atoms with Crippen molar-refractivity contribution in [3.05, 3.63) is 101 Å². The number of nitrogens with zero attached hydrogens (tertiary/aromatic N) is 1. The molecule has 0 bridgehead atoms. The van der Waals surface area contributed by atoms with Gasteiger partial charge in [0.05, 0.1) is 5.69 Å². The molecule has 1 amide bonds. The second kappa shape index (κ2) is 10.3. The molecule has 6 heteroatoms. The van der Waals surface area contributed by atoms with Gasteiger partial charge in [-0.3, -0.25) is 9.59 Å². The molecule has 0 fully saturated rings. The minimum Gasteiger partial charge on any atom is -0.480 e. The third-order valence-corrected chi connectivity index (χ3v) is 5.62. The van der Waals surface area contributed by atoms with Gasteiger partial charge in [0.2, 0.25) is 5.78 Å². The van der Waals surface area contributed by atoms with Gasteiger partial charge in [-0.05, 0) is 55.2 Å². The van der Waals surface area contributed by atoms with Crippen LogP contribution in [0.1, 0.15) is 71.1 Å². The Hall–Kier alpha value is -3.93. The summed E-state index contributed by atoms with van der Waals surface area (Å²) in [6.45, 7) is 7.60. The van der Waals surface area contributed by atoms with Gasteiger partial charge in [0.15, 0.2) is 0 Å². The highest BCUT2D eigenvalue weighted by atomic mass is 16.4. The molecule has 0 atom stereocenters. The van der Waals surface area contributed by atoms with Crippen LogP contribution in [0.15, 0.2) is 72.9 Å². The second-order valence-corrected chi connectivity index (χ2v) is 9.06. The first-order chi connectivity index (χ1) is 16.1. The largest absolute Gasteiger partial charge is 0.480 e. The summed E-state index contributed by atoms with van der Waals surface area (Å²) < 4.78 is 1.88. The molecule has 0 spiro atoms. The van der Waals surface area contributed by atoms with Crippen LogP contribution >= 0.6 is 0 Å². The molecule has 0 aliphatic heterocycles. The standard InChI is InChI=1S/C28H30N2O4/c1-19(2)21-12-14-22(15-13-21)25(31)24-11-7-17-30(24)16-6-9-20-8-5-10-23(18-20)26(32)29-28(3,4)27(33)34/h5-15,17-19H,16H2,1-4H3,(H,29,32)(H,33,34)/b9-6+. The molecular formula is C28H30N2O4. The van der Waals surface area contributed by atoms with Crippen LogP contribution in [0, 0.1) is 0 Å². The van der Waals surface area contributed by atoms with E-state index in [-0.39, 0.29) is 5.78 Å². The van der Waals surface area contributed by atoms with Crippen molar-refractivity contribution in [2.75, 3.05) is 0 Å². The van der Waals surface area contributed by atoms with Crippen LogP contribution in [0.2, 0.25) is 0 Å². The smallest absolute Gasteiger partial charge is 0.328 e. The number of carbonyl (C=O) groups excluding carboxylic acids is 2. The van der Waals surface area contributed by atoms with E-state index in [0.29, 0.717) is 29.3 Å². The van der Waals surface area contributed by atoms with Gasteiger partial charge in [-0.25, -0.2) is 4.79 Å². The van der Waals surface area contributed by atoms with Crippen LogP contribution in [0.3, 0.4) is 0 Å². The lowest BCUT2D eigenvalue weighted by Gasteiger charge is -2.21. The zero-order chi connectivity index (χ0) is 24.9. The molecule has 176 valence electrons. The summed E-state index contributed by atoms with van der Waals surface area (Å²) in [6, 6.07) is 18.3. The van der Waals surface area contributed by atoms with Crippen molar-refractivity contribution in [2.45, 2.75) is 45.7 Å². The van der Waals surface area contributed by atoms with Crippen molar-refractivity contribution in [1.82, 2.24) is 9.88 Å². The average molecular weight is 459 g/mol. The van der Waals surface area contributed by atoms with Crippen molar-refractivity contribution in [3.63, 3.8) is 0 Å². The Morgan fingerprint density at radius 2 is 1.71 bits per heavy atom. The van der Waals surface area contributed by atoms with Crippen LogP contribution in [0.25, 0.3) is 6.08 Å². The first-order valence-corrected chi connectivity index (χ1v) is 11.2. The Balaban J connectivity index is 1.70. The third-order valence-electron chi connectivity index (χ3n) is 5.62. The summed E-state index contributed by atoms with van der Waals surface area (Å²) in [4.78, 5) is 36.7. The van der Waals surface area contributed by atoms with Crippen molar-refractivity contribution >= 4 is 23.7 Å². The van der Waals surface area contributed by atoms with Gasteiger partial charge in [0, 0.05) is 23.9 Å². The minimum atomic E-state index is -1.37. The van der Waals surface area contributed by atoms with Crippen LogP contribution < -0.4 is 5.32 Å². The number of carbonyl (C=O) groups is 3. The summed E-state index contributed by atoms with van der Waals surface area (Å²) in [5.74, 6) is -1.19. The van der Waals surface area contributed by atoms with E-state index in [2.05, 4.69) is 19.2 Å². The number of carboxylic acid groups (broad SMARTS) is 1. The highest BCUT2D eigenvalue weighted by molar-refractivity contribution is 6.08. The molecule has 0 unspecified atom stereocenters. The van der Waals surface area contributed by atoms with Gasteiger partial charge in [-0.15, -0.1) is 0 Å². The van der Waals surface area contributed by atoms with E-state index in [4.69, 9.17) is 0 Å². The molecule has 2 aromatic carbocycles. The first-order valence-electron chi connectivity index (χ1n) is 11.2. The molecular weight excluding hydrogens is 428 g/mol. The molecule has 2 N–H and O–H groups in total. The monoisotopic (exact) mass is 458 g/mol. The number of nitrogens with one attached hydrogen (secondary N) is 1. The van der Waals surface area contributed by atoms with E-state index in [1.807, 2.05) is 65.4 Å². The van der Waals surface area contributed by atoms with E-state index in [0.717, 1.165) is 5.56 Å². The summed E-state index contributed by atoms with van der Waals surface area (Å²) in [6.07, 6.45) is 5.64. The molecule has 6 nitrogen and oxygen atoms in total. The number of benzene rings is 2. The van der Waals surface area contributed by atoms with E-state index in [1.54, 1.807) is 18.2 Å². The lowest BCUT2D eigenvalue weighted by atomic mass is 10.00. The van der Waals surface area contributed by atoms with Gasteiger partial charge in [0.25, 0.3) is 5.91 Å². The number of aliphatic carboxylic acids is 1. The molecule has 0 aliphatic carbocycles. The SMILES string of the molecule is CC(C)c1ccc(C(=O)c2cccn2C/C=C/c2cccc(C(=O)NC(C)(C)C(=O)O)c2)cc1. The number of rotatable bonds is 9. The zero-order valence-corrected chi connectivity index (χ0v) is 19.9. The maximum atomic E-state index is 13.0. The van der Waals surface area contributed by atoms with E-state index in [1.165, 1.54) is 19.4 Å². The number of hydrogen-bond donors (Lipinski definition) is 2. The quantitative estimate of drug-likeness (QED) is 0.434. The maximum absolute atomic E-state index is 13.0. The van der Waals surface area contributed by atoms with Crippen LogP contribution in [-0.4, -0.2) is 32.9 Å². The minimum absolute atomic E-state index is 0.0339. The van der Waals surface area contributed by atoms with Crippen molar-refractivity contribution in [2.24, 2.45) is 0 Å². The number of ketones is 1. The van der Waals surface area contributed by atoms with Crippen molar-refractivity contribution < 1.29 is 19.5 Å². The van der Waals surface area contributed by atoms with Crippen LogP contribution in [-0.2, 0) is 11.3 Å². The van der Waals surface area contributed by atoms with Gasteiger partial charge in [0.1, 0.15) is 5.54 Å². The fourth-order valence-corrected chi connectivity index (χ4v) is 3.44. The first kappa shape index (κ1) is 24.7. The van der Waals surface area contributed by atoms with E-state index < -0.39 is 17.4 Å². The molecule has 3 rings (SSSR count). The van der Waals surface area contributed by atoms with Crippen molar-refractivity contribution in [1.29, 1.82) is 0 Å². The van der Waals surface area contributed by atoms with Crippen LogP contribution in [0.5, 0.6) is 0 Å². The number of amides is 1. The number of allylic oxidation sites excluding steroid dienone is 1. The van der Waals surface area contributed by atoms with Gasteiger partial charge in [-0.2, -0.15) is 0 Å². The summed E-state index contributed by atoms with van der Waals surface area (Å²) in [5.41, 5.74) is 2.25. The highest BCUT2D eigenvalue weighted by Crippen LogP contribution is 2.18. The average Bonchev–Trinajstić information content (AvgIpc) is 3.27. The predicted octanol–water partition coefficient (Wildman–Crippen LogP) is 5.15. The predicted molar refractivity (Wildman–Crippen MR) is 133 cm³/mol. The number of hydrogen-bond acceptors (Lipinski definition) is 3. The Bertz CT molecular complexity index is 1220. The molecule has 0 saturated carbocycles. The summed E-state index contributed by atoms with van der Waals surface area (Å²) >= 11 is 0. The Kier molecular flexibility index (Phi) is 7.51. The second-order valence-electron chi connectivity index (χ2n) is 9.06. The molecule has 1 aromatic heterocycles. The Morgan fingerprint density at radius 3 is 2.35 bits per heavy atom. The number of carboxylic acids is 1. The zero-order valence-electron chi connectivity index (χ0n) is 19.9. The highest BCUT2D eigenvalue weighted by Gasteiger charge is 2.29. The van der Waals surface area contributed by atoms with Gasteiger partial charge < -0.3 is 15.0 Å².